The Morgan fingerprint density at radius 1 is 1.11 bits per heavy atom. The minimum atomic E-state index is 0.0310. The molecule has 1 fully saturated rings. The molecule has 0 amide bonds. The van der Waals surface area contributed by atoms with Gasteiger partial charge in [-0.2, -0.15) is 5.26 Å². The number of aliphatic hydroxyl groups excluding tert-OH is 1. The molecule has 5 nitrogen and oxygen atoms in total. The maximum atomic E-state index is 8.88. The third-order valence-corrected chi connectivity index (χ3v) is 5.04. The van der Waals surface area contributed by atoms with Crippen molar-refractivity contribution in [1.29, 1.82) is 5.26 Å². The molecule has 1 saturated heterocycles. The van der Waals surface area contributed by atoms with Gasteiger partial charge in [0.05, 0.1) is 18.2 Å². The van der Waals surface area contributed by atoms with Crippen LogP contribution in [0.5, 0.6) is 5.75 Å². The quantitative estimate of drug-likeness (QED) is 0.817. The lowest BCUT2D eigenvalue weighted by molar-refractivity contribution is 0.201. The molecule has 0 saturated carbocycles. The number of piperazine rings is 1. The molecule has 0 aliphatic carbocycles. The molecule has 0 radical (unpaired) electrons. The molecule has 1 aliphatic heterocycles. The Morgan fingerprint density at radius 3 is 2.48 bits per heavy atom. The van der Waals surface area contributed by atoms with Crippen molar-refractivity contribution in [3.63, 3.8) is 0 Å². The van der Waals surface area contributed by atoms with Gasteiger partial charge in [-0.25, -0.2) is 0 Å². The van der Waals surface area contributed by atoms with Crippen LogP contribution in [0, 0.1) is 11.3 Å². The maximum Gasteiger partial charge on any atom is 0.119 e. The molecule has 3 rings (SSSR count). The average molecular weight is 365 g/mol. The van der Waals surface area contributed by atoms with Gasteiger partial charge in [0, 0.05) is 37.9 Å². The van der Waals surface area contributed by atoms with Gasteiger partial charge in [-0.05, 0) is 55.3 Å². The number of benzene rings is 2. The fourth-order valence-corrected chi connectivity index (χ4v) is 3.55. The van der Waals surface area contributed by atoms with Crippen molar-refractivity contribution in [3.8, 4) is 11.8 Å². The molecule has 1 heterocycles. The minimum absolute atomic E-state index is 0.0310. The van der Waals surface area contributed by atoms with Crippen molar-refractivity contribution >= 4 is 5.69 Å². The topological polar surface area (TPSA) is 59.7 Å². The largest absolute Gasteiger partial charge is 0.491 e. The molecule has 1 aliphatic rings. The molecule has 142 valence electrons. The van der Waals surface area contributed by atoms with Gasteiger partial charge in [-0.1, -0.05) is 12.1 Å². The van der Waals surface area contributed by atoms with Crippen LogP contribution in [-0.4, -0.2) is 55.4 Å². The van der Waals surface area contributed by atoms with Gasteiger partial charge >= 0.3 is 0 Å². The van der Waals surface area contributed by atoms with Crippen LogP contribution in [0.25, 0.3) is 0 Å². The van der Waals surface area contributed by atoms with E-state index in [-0.39, 0.29) is 6.61 Å². The first-order valence-electron chi connectivity index (χ1n) is 9.51. The predicted octanol–water partition coefficient (Wildman–Crippen LogP) is 2.68. The standard InChI is InChI=1S/C22H27N3O2/c1-18-17-24(11-10-19-2-4-20(16-23)5-3-19)12-13-25(18)21-6-8-22(9-7-21)27-15-14-26/h2-9,18,26H,10-15,17H2,1H3. The third-order valence-electron chi connectivity index (χ3n) is 5.04. The van der Waals surface area contributed by atoms with Crippen molar-refractivity contribution in [2.75, 3.05) is 44.3 Å². The number of rotatable bonds is 7. The fourth-order valence-electron chi connectivity index (χ4n) is 3.55. The maximum absolute atomic E-state index is 8.88. The smallest absolute Gasteiger partial charge is 0.119 e. The van der Waals surface area contributed by atoms with Crippen molar-refractivity contribution in [1.82, 2.24) is 4.90 Å². The lowest BCUT2D eigenvalue weighted by Gasteiger charge is -2.41. The second-order valence-electron chi connectivity index (χ2n) is 6.97. The van der Waals surface area contributed by atoms with E-state index in [1.807, 2.05) is 24.3 Å². The van der Waals surface area contributed by atoms with E-state index >= 15 is 0 Å². The highest BCUT2D eigenvalue weighted by Crippen LogP contribution is 2.23. The zero-order valence-electron chi connectivity index (χ0n) is 15.8. The summed E-state index contributed by atoms with van der Waals surface area (Å²) >= 11 is 0. The summed E-state index contributed by atoms with van der Waals surface area (Å²) < 4.78 is 5.44. The van der Waals surface area contributed by atoms with Gasteiger partial charge in [0.2, 0.25) is 0 Å². The molecule has 2 aromatic carbocycles. The number of hydrogen-bond donors (Lipinski definition) is 1. The van der Waals surface area contributed by atoms with Gasteiger partial charge in [0.1, 0.15) is 12.4 Å². The monoisotopic (exact) mass is 365 g/mol. The fraction of sp³-hybridized carbons (Fsp3) is 0.409. The summed E-state index contributed by atoms with van der Waals surface area (Å²) in [6, 6.07) is 18.6. The average Bonchev–Trinajstić information content (AvgIpc) is 2.71. The second kappa shape index (κ2) is 9.40. The highest BCUT2D eigenvalue weighted by Gasteiger charge is 2.23. The molecule has 1 N–H and O–H groups in total. The molecule has 2 aromatic rings. The van der Waals surface area contributed by atoms with E-state index in [1.165, 1.54) is 11.3 Å². The Labute approximate surface area is 161 Å². The zero-order valence-corrected chi connectivity index (χ0v) is 15.8. The first-order valence-corrected chi connectivity index (χ1v) is 9.51. The van der Waals surface area contributed by atoms with E-state index in [9.17, 15) is 0 Å². The van der Waals surface area contributed by atoms with Gasteiger partial charge in [0.25, 0.3) is 0 Å². The molecular formula is C22H27N3O2. The van der Waals surface area contributed by atoms with Crippen molar-refractivity contribution in [2.24, 2.45) is 0 Å². The van der Waals surface area contributed by atoms with E-state index in [4.69, 9.17) is 15.1 Å². The Balaban J connectivity index is 1.50. The summed E-state index contributed by atoms with van der Waals surface area (Å²) in [4.78, 5) is 4.95. The molecule has 5 heteroatoms. The van der Waals surface area contributed by atoms with Crippen LogP contribution < -0.4 is 9.64 Å². The molecule has 1 unspecified atom stereocenters. The Bertz CT molecular complexity index is 753. The lowest BCUT2D eigenvalue weighted by atomic mass is 10.1. The summed E-state index contributed by atoms with van der Waals surface area (Å²) in [6.07, 6.45) is 1.01. The van der Waals surface area contributed by atoms with Crippen molar-refractivity contribution in [3.05, 3.63) is 59.7 Å². The molecule has 27 heavy (non-hydrogen) atoms. The normalized spacial score (nSPS) is 17.5. The number of aliphatic hydroxyl groups is 1. The van der Waals surface area contributed by atoms with Gasteiger partial charge in [-0.15, -0.1) is 0 Å². The zero-order chi connectivity index (χ0) is 19.1. The summed E-state index contributed by atoms with van der Waals surface area (Å²) in [7, 11) is 0. The minimum Gasteiger partial charge on any atom is -0.491 e. The van der Waals surface area contributed by atoms with Crippen LogP contribution in [0.2, 0.25) is 0 Å². The van der Waals surface area contributed by atoms with E-state index in [0.717, 1.165) is 38.3 Å². The van der Waals surface area contributed by atoms with Crippen molar-refractivity contribution in [2.45, 2.75) is 19.4 Å². The second-order valence-corrected chi connectivity index (χ2v) is 6.97. The van der Waals surface area contributed by atoms with E-state index in [1.54, 1.807) is 0 Å². The summed E-state index contributed by atoms with van der Waals surface area (Å²) in [5.41, 5.74) is 3.21. The molecule has 1 atom stereocenters. The Hall–Kier alpha value is -2.55. The third kappa shape index (κ3) is 5.22. The first kappa shape index (κ1) is 19.2. The SMILES string of the molecule is CC1CN(CCc2ccc(C#N)cc2)CCN1c1ccc(OCCO)cc1. The van der Waals surface area contributed by atoms with Crippen LogP contribution in [0.3, 0.4) is 0 Å². The summed E-state index contributed by atoms with van der Waals surface area (Å²) in [5, 5.41) is 17.7. The summed E-state index contributed by atoms with van der Waals surface area (Å²) in [6.45, 7) is 6.76. The lowest BCUT2D eigenvalue weighted by Crippen LogP contribution is -2.52. The van der Waals surface area contributed by atoms with Crippen LogP contribution in [0.1, 0.15) is 18.1 Å². The summed E-state index contributed by atoms with van der Waals surface area (Å²) in [5.74, 6) is 0.793. The first-order chi connectivity index (χ1) is 13.2. The predicted molar refractivity (Wildman–Crippen MR) is 107 cm³/mol. The number of nitriles is 1. The number of hydrogen-bond acceptors (Lipinski definition) is 5. The molecule has 0 aromatic heterocycles. The highest BCUT2D eigenvalue weighted by atomic mass is 16.5. The van der Waals surface area contributed by atoms with Crippen LogP contribution in [0.4, 0.5) is 5.69 Å². The molecular weight excluding hydrogens is 338 g/mol. The van der Waals surface area contributed by atoms with Gasteiger partial charge in [-0.3, -0.25) is 4.90 Å². The van der Waals surface area contributed by atoms with Crippen molar-refractivity contribution < 1.29 is 9.84 Å². The number of anilines is 1. The number of nitrogens with zero attached hydrogens (tertiary/aromatic N) is 3. The van der Waals surface area contributed by atoms with Gasteiger partial charge in [0.15, 0.2) is 0 Å². The van der Waals surface area contributed by atoms with Crippen LogP contribution in [-0.2, 0) is 6.42 Å². The van der Waals surface area contributed by atoms with E-state index in [2.05, 4.69) is 47.1 Å². The van der Waals surface area contributed by atoms with Crippen LogP contribution >= 0.6 is 0 Å². The number of ether oxygens (including phenoxy) is 1. The molecule has 0 bridgehead atoms. The van der Waals surface area contributed by atoms with E-state index in [0.29, 0.717) is 18.2 Å². The highest BCUT2D eigenvalue weighted by molar-refractivity contribution is 5.50. The van der Waals surface area contributed by atoms with Gasteiger partial charge < -0.3 is 14.7 Å². The van der Waals surface area contributed by atoms with Crippen LogP contribution in [0.15, 0.2) is 48.5 Å². The molecule has 0 spiro atoms. The Morgan fingerprint density at radius 2 is 1.85 bits per heavy atom. The Kier molecular flexibility index (Phi) is 6.69. The van der Waals surface area contributed by atoms with E-state index < -0.39 is 0 Å².